The third-order valence-corrected chi connectivity index (χ3v) is 5.53. The van der Waals surface area contributed by atoms with Gasteiger partial charge in [-0.05, 0) is 43.0 Å². The lowest BCUT2D eigenvalue weighted by atomic mass is 10.0. The maximum Gasteiger partial charge on any atom is 0.222 e. The van der Waals surface area contributed by atoms with Gasteiger partial charge in [-0.3, -0.25) is 9.69 Å². The molecule has 2 N–H and O–H groups in total. The average Bonchev–Trinajstić information content (AvgIpc) is 3.17. The van der Waals surface area contributed by atoms with E-state index in [0.29, 0.717) is 30.7 Å². The van der Waals surface area contributed by atoms with Gasteiger partial charge < -0.3 is 10.6 Å². The van der Waals surface area contributed by atoms with Gasteiger partial charge in [-0.25, -0.2) is 9.97 Å². The third kappa shape index (κ3) is 5.29. The van der Waals surface area contributed by atoms with Gasteiger partial charge in [0.25, 0.3) is 0 Å². The van der Waals surface area contributed by atoms with Crippen LogP contribution in [0.4, 0.5) is 5.82 Å². The first-order chi connectivity index (χ1) is 13.4. The van der Waals surface area contributed by atoms with E-state index in [1.807, 2.05) is 4.90 Å². The van der Waals surface area contributed by atoms with Crippen LogP contribution in [0.2, 0.25) is 0 Å². The molecule has 0 spiro atoms. The third-order valence-electron chi connectivity index (χ3n) is 5.53. The molecule has 1 aliphatic heterocycles. The minimum atomic E-state index is 0.240. The fourth-order valence-electron chi connectivity index (χ4n) is 3.65. The van der Waals surface area contributed by atoms with E-state index in [4.69, 9.17) is 5.73 Å². The van der Waals surface area contributed by atoms with Crippen molar-refractivity contribution in [2.75, 3.05) is 25.9 Å². The van der Waals surface area contributed by atoms with Gasteiger partial charge in [-0.1, -0.05) is 38.1 Å². The second kappa shape index (κ2) is 9.15. The molecule has 1 saturated heterocycles. The summed E-state index contributed by atoms with van der Waals surface area (Å²) >= 11 is 0. The number of carbonyl (C=O) groups excluding carboxylic acids is 1. The molecule has 0 unspecified atom stereocenters. The summed E-state index contributed by atoms with van der Waals surface area (Å²) in [6.07, 6.45) is 4.03. The van der Waals surface area contributed by atoms with Gasteiger partial charge >= 0.3 is 0 Å². The lowest BCUT2D eigenvalue weighted by Gasteiger charge is -2.24. The number of rotatable bonds is 7. The number of benzene rings is 1. The Morgan fingerprint density at radius 2 is 2.04 bits per heavy atom. The molecule has 1 amide bonds. The smallest absolute Gasteiger partial charge is 0.222 e. The number of nitrogens with two attached hydrogens (primary N) is 1. The van der Waals surface area contributed by atoms with Crippen LogP contribution in [0.15, 0.2) is 36.5 Å². The Bertz CT molecular complexity index is 790. The van der Waals surface area contributed by atoms with Crippen LogP contribution < -0.4 is 5.73 Å². The molecule has 150 valence electrons. The molecule has 2 heterocycles. The van der Waals surface area contributed by atoms with E-state index in [-0.39, 0.29) is 5.91 Å². The number of likely N-dealkylation sites (N-methyl/N-ethyl adjacent to an activating group) is 1. The molecule has 1 aromatic carbocycles. The normalized spacial score (nSPS) is 16.9. The molecule has 0 saturated carbocycles. The maximum atomic E-state index is 12.6. The Hall–Kier alpha value is -2.47. The molecule has 1 aliphatic rings. The Balaban J connectivity index is 1.47. The summed E-state index contributed by atoms with van der Waals surface area (Å²) in [6.45, 7) is 6.61. The Morgan fingerprint density at radius 3 is 2.71 bits per heavy atom. The number of nitrogen functional groups attached to an aromatic ring is 1. The second-order valence-electron chi connectivity index (χ2n) is 7.99. The largest absolute Gasteiger partial charge is 0.384 e. The SMILES string of the molecule is CC(C)c1ccc(CCC(=O)N2CC[C@@H](N(C)Cc3nccc(N)n3)C2)cc1. The molecule has 1 fully saturated rings. The van der Waals surface area contributed by atoms with Crippen molar-refractivity contribution < 1.29 is 4.79 Å². The number of anilines is 1. The van der Waals surface area contributed by atoms with Crippen molar-refractivity contribution in [3.8, 4) is 0 Å². The summed E-state index contributed by atoms with van der Waals surface area (Å²) in [4.78, 5) is 25.4. The summed E-state index contributed by atoms with van der Waals surface area (Å²) in [5, 5.41) is 0. The van der Waals surface area contributed by atoms with Crippen LogP contribution in [0.3, 0.4) is 0 Å². The minimum Gasteiger partial charge on any atom is -0.384 e. The van der Waals surface area contributed by atoms with Crippen molar-refractivity contribution in [3.05, 3.63) is 53.5 Å². The van der Waals surface area contributed by atoms with Crippen molar-refractivity contribution in [2.24, 2.45) is 0 Å². The van der Waals surface area contributed by atoms with Crippen LogP contribution in [0.5, 0.6) is 0 Å². The Kier molecular flexibility index (Phi) is 6.62. The first kappa shape index (κ1) is 20.3. The molecule has 0 bridgehead atoms. The molecule has 0 aliphatic carbocycles. The fourth-order valence-corrected chi connectivity index (χ4v) is 3.65. The molecule has 3 rings (SSSR count). The highest BCUT2D eigenvalue weighted by Gasteiger charge is 2.28. The summed E-state index contributed by atoms with van der Waals surface area (Å²) in [5.41, 5.74) is 8.30. The topological polar surface area (TPSA) is 75.4 Å². The second-order valence-corrected chi connectivity index (χ2v) is 7.99. The van der Waals surface area contributed by atoms with E-state index in [2.05, 4.69) is 60.0 Å². The van der Waals surface area contributed by atoms with Crippen LogP contribution in [0.1, 0.15) is 49.6 Å². The van der Waals surface area contributed by atoms with Crippen LogP contribution in [-0.2, 0) is 17.8 Å². The fraction of sp³-hybridized carbons (Fsp3) is 0.500. The van der Waals surface area contributed by atoms with Gasteiger partial charge in [0.1, 0.15) is 11.6 Å². The van der Waals surface area contributed by atoms with Gasteiger partial charge in [0.05, 0.1) is 6.54 Å². The van der Waals surface area contributed by atoms with Gasteiger partial charge in [-0.15, -0.1) is 0 Å². The molecule has 6 heteroatoms. The van der Waals surface area contributed by atoms with Crippen LogP contribution in [-0.4, -0.2) is 51.9 Å². The summed E-state index contributed by atoms with van der Waals surface area (Å²) in [5.74, 6) is 1.98. The van der Waals surface area contributed by atoms with Crippen molar-refractivity contribution in [2.45, 2.75) is 51.6 Å². The number of aryl methyl sites for hydroxylation is 1. The summed E-state index contributed by atoms with van der Waals surface area (Å²) in [7, 11) is 2.06. The first-order valence-electron chi connectivity index (χ1n) is 10.1. The average molecular weight is 382 g/mol. The molecule has 28 heavy (non-hydrogen) atoms. The van der Waals surface area contributed by atoms with E-state index in [0.717, 1.165) is 31.8 Å². The van der Waals surface area contributed by atoms with E-state index in [9.17, 15) is 4.79 Å². The van der Waals surface area contributed by atoms with Crippen LogP contribution in [0.25, 0.3) is 0 Å². The van der Waals surface area contributed by atoms with Crippen molar-refractivity contribution >= 4 is 11.7 Å². The monoisotopic (exact) mass is 381 g/mol. The number of carbonyl (C=O) groups is 1. The van der Waals surface area contributed by atoms with E-state index in [1.54, 1.807) is 12.3 Å². The Labute approximate surface area is 167 Å². The van der Waals surface area contributed by atoms with E-state index >= 15 is 0 Å². The molecular formula is C22H31N5O. The van der Waals surface area contributed by atoms with Crippen molar-refractivity contribution in [1.29, 1.82) is 0 Å². The van der Waals surface area contributed by atoms with E-state index in [1.165, 1.54) is 11.1 Å². The standard InChI is InChI=1S/C22H31N5O/c1-16(2)18-7-4-17(5-8-18)6-9-22(28)27-13-11-19(14-27)26(3)15-21-24-12-10-20(23)25-21/h4-5,7-8,10,12,16,19H,6,9,11,13-15H2,1-3H3,(H2,23,24,25)/t19-/m1/s1. The molecule has 0 radical (unpaired) electrons. The summed E-state index contributed by atoms with van der Waals surface area (Å²) < 4.78 is 0. The molecule has 1 aromatic heterocycles. The van der Waals surface area contributed by atoms with Crippen LogP contribution in [0, 0.1) is 0 Å². The highest BCUT2D eigenvalue weighted by atomic mass is 16.2. The number of likely N-dealkylation sites (tertiary alicyclic amines) is 1. The number of hydrogen-bond acceptors (Lipinski definition) is 5. The first-order valence-corrected chi connectivity index (χ1v) is 10.1. The number of nitrogens with zero attached hydrogens (tertiary/aromatic N) is 4. The predicted octanol–water partition coefficient (Wildman–Crippen LogP) is 2.85. The van der Waals surface area contributed by atoms with Gasteiger partial charge in [0, 0.05) is 31.7 Å². The highest BCUT2D eigenvalue weighted by molar-refractivity contribution is 5.76. The highest BCUT2D eigenvalue weighted by Crippen LogP contribution is 2.19. The zero-order chi connectivity index (χ0) is 20.1. The number of aromatic nitrogens is 2. The Morgan fingerprint density at radius 1 is 1.29 bits per heavy atom. The molecule has 1 atom stereocenters. The quantitative estimate of drug-likeness (QED) is 0.798. The maximum absolute atomic E-state index is 12.6. The molecule has 2 aromatic rings. The van der Waals surface area contributed by atoms with Crippen molar-refractivity contribution in [1.82, 2.24) is 19.8 Å². The lowest BCUT2D eigenvalue weighted by molar-refractivity contribution is -0.130. The predicted molar refractivity (Wildman–Crippen MR) is 112 cm³/mol. The van der Waals surface area contributed by atoms with Crippen LogP contribution >= 0.6 is 0 Å². The molecule has 6 nitrogen and oxygen atoms in total. The van der Waals surface area contributed by atoms with Gasteiger partial charge in [0.15, 0.2) is 0 Å². The zero-order valence-corrected chi connectivity index (χ0v) is 17.1. The van der Waals surface area contributed by atoms with Crippen molar-refractivity contribution in [3.63, 3.8) is 0 Å². The minimum absolute atomic E-state index is 0.240. The molecular weight excluding hydrogens is 350 g/mol. The summed E-state index contributed by atoms with van der Waals surface area (Å²) in [6, 6.07) is 10.7. The number of hydrogen-bond donors (Lipinski definition) is 1. The zero-order valence-electron chi connectivity index (χ0n) is 17.1. The van der Waals surface area contributed by atoms with E-state index < -0.39 is 0 Å². The van der Waals surface area contributed by atoms with Gasteiger partial charge in [0.2, 0.25) is 5.91 Å². The lowest BCUT2D eigenvalue weighted by Crippen LogP contribution is -2.36. The number of amides is 1. The van der Waals surface area contributed by atoms with Gasteiger partial charge in [-0.2, -0.15) is 0 Å².